The zero-order chi connectivity index (χ0) is 19.7. The summed E-state index contributed by atoms with van der Waals surface area (Å²) >= 11 is 0. The number of hydrogen-bond donors (Lipinski definition) is 2. The predicted octanol–water partition coefficient (Wildman–Crippen LogP) is 3.14. The second-order valence-corrected chi connectivity index (χ2v) is 8.25. The zero-order valence-corrected chi connectivity index (χ0v) is 16.2. The van der Waals surface area contributed by atoms with Crippen molar-refractivity contribution in [3.63, 3.8) is 0 Å². The fraction of sp³-hybridized carbons (Fsp3) is 0.571. The van der Waals surface area contributed by atoms with E-state index in [1.807, 2.05) is 0 Å². The van der Waals surface area contributed by atoms with E-state index in [0.29, 0.717) is 47.5 Å². The lowest BCUT2D eigenvalue weighted by molar-refractivity contribution is -0.123. The van der Waals surface area contributed by atoms with Gasteiger partial charge in [0, 0.05) is 30.5 Å². The number of halogens is 1. The highest BCUT2D eigenvalue weighted by molar-refractivity contribution is 5.76. The van der Waals surface area contributed by atoms with Gasteiger partial charge in [-0.1, -0.05) is 11.6 Å². The third-order valence-electron chi connectivity index (χ3n) is 6.15. The number of rotatable bonds is 5. The summed E-state index contributed by atoms with van der Waals surface area (Å²) in [6, 6.07) is 5.22. The van der Waals surface area contributed by atoms with Gasteiger partial charge in [0.2, 0.25) is 17.6 Å². The van der Waals surface area contributed by atoms with Gasteiger partial charge in [0.05, 0.1) is 0 Å². The van der Waals surface area contributed by atoms with Crippen LogP contribution in [-0.4, -0.2) is 28.1 Å². The van der Waals surface area contributed by atoms with E-state index in [1.54, 1.807) is 19.1 Å². The summed E-state index contributed by atoms with van der Waals surface area (Å²) in [5.41, 5.74) is 7.39. The van der Waals surface area contributed by atoms with E-state index in [-0.39, 0.29) is 23.8 Å². The Morgan fingerprint density at radius 1 is 1.32 bits per heavy atom. The number of amides is 1. The van der Waals surface area contributed by atoms with E-state index in [1.165, 1.54) is 12.5 Å². The Balaban J connectivity index is 1.33. The molecule has 7 heteroatoms. The Bertz CT molecular complexity index is 839. The molecule has 2 atom stereocenters. The molecule has 2 fully saturated rings. The average molecular weight is 386 g/mol. The van der Waals surface area contributed by atoms with Crippen molar-refractivity contribution >= 4 is 5.91 Å². The van der Waals surface area contributed by atoms with Crippen LogP contribution >= 0.6 is 0 Å². The summed E-state index contributed by atoms with van der Waals surface area (Å²) in [6.45, 7) is 1.69. The van der Waals surface area contributed by atoms with E-state index < -0.39 is 0 Å². The van der Waals surface area contributed by atoms with E-state index in [2.05, 4.69) is 15.5 Å². The second-order valence-electron chi connectivity index (χ2n) is 8.25. The minimum absolute atomic E-state index is 0.0229. The van der Waals surface area contributed by atoms with Gasteiger partial charge in [-0.2, -0.15) is 4.98 Å². The lowest BCUT2D eigenvalue weighted by atomic mass is 9.67. The van der Waals surface area contributed by atoms with E-state index >= 15 is 0 Å². The van der Waals surface area contributed by atoms with Crippen LogP contribution < -0.4 is 11.1 Å². The number of nitrogens with one attached hydrogen (secondary N) is 1. The van der Waals surface area contributed by atoms with Crippen LogP contribution in [0, 0.1) is 24.6 Å². The molecule has 28 heavy (non-hydrogen) atoms. The number of aryl methyl sites for hydroxylation is 2. The highest BCUT2D eigenvalue weighted by Crippen LogP contribution is 2.39. The number of aromatic nitrogens is 2. The minimum atomic E-state index is -0.266. The molecule has 1 aromatic carbocycles. The first-order chi connectivity index (χ1) is 13.5. The Hall–Kier alpha value is -2.28. The first-order valence-electron chi connectivity index (χ1n) is 10.1. The van der Waals surface area contributed by atoms with Crippen LogP contribution in [0.3, 0.4) is 0 Å². The molecule has 3 N–H and O–H groups in total. The van der Waals surface area contributed by atoms with Crippen molar-refractivity contribution in [1.82, 2.24) is 15.5 Å². The summed E-state index contributed by atoms with van der Waals surface area (Å²) in [4.78, 5) is 16.8. The zero-order valence-electron chi connectivity index (χ0n) is 16.2. The third kappa shape index (κ3) is 4.09. The number of nitrogens with zero attached hydrogens (tertiary/aromatic N) is 2. The molecule has 2 bridgehead atoms. The lowest BCUT2D eigenvalue weighted by Gasteiger charge is -2.45. The number of hydrogen-bond acceptors (Lipinski definition) is 5. The van der Waals surface area contributed by atoms with Gasteiger partial charge in [0.1, 0.15) is 5.82 Å². The molecule has 1 amide bonds. The quantitative estimate of drug-likeness (QED) is 0.823. The molecule has 2 unspecified atom stereocenters. The Kier molecular flexibility index (Phi) is 5.44. The molecule has 0 saturated heterocycles. The van der Waals surface area contributed by atoms with Crippen LogP contribution in [0.25, 0.3) is 11.4 Å². The van der Waals surface area contributed by atoms with Gasteiger partial charge in [-0.05, 0) is 68.2 Å². The molecule has 0 aliphatic heterocycles. The fourth-order valence-corrected chi connectivity index (χ4v) is 4.76. The van der Waals surface area contributed by atoms with Gasteiger partial charge in [-0.15, -0.1) is 0 Å². The topological polar surface area (TPSA) is 94.0 Å². The molecule has 6 nitrogen and oxygen atoms in total. The normalized spacial score (nSPS) is 26.8. The average Bonchev–Trinajstić information content (AvgIpc) is 3.12. The fourth-order valence-electron chi connectivity index (χ4n) is 4.76. The number of nitrogens with two attached hydrogens (primary N) is 1. The molecule has 0 radical (unpaired) electrons. The van der Waals surface area contributed by atoms with Crippen molar-refractivity contribution in [2.45, 2.75) is 64.0 Å². The minimum Gasteiger partial charge on any atom is -0.353 e. The summed E-state index contributed by atoms with van der Waals surface area (Å²) in [5, 5.41) is 7.19. The van der Waals surface area contributed by atoms with Crippen LogP contribution in [-0.2, 0) is 11.2 Å². The molecule has 2 aliphatic carbocycles. The molecule has 1 aromatic heterocycles. The Labute approximate surface area is 164 Å². The molecular formula is C21H27FN4O2. The largest absolute Gasteiger partial charge is 0.353 e. The summed E-state index contributed by atoms with van der Waals surface area (Å²) < 4.78 is 18.7. The van der Waals surface area contributed by atoms with Crippen LogP contribution in [0.15, 0.2) is 22.7 Å². The lowest BCUT2D eigenvalue weighted by Crippen LogP contribution is -2.53. The third-order valence-corrected chi connectivity index (χ3v) is 6.15. The highest BCUT2D eigenvalue weighted by atomic mass is 19.1. The Morgan fingerprint density at radius 2 is 2.07 bits per heavy atom. The van der Waals surface area contributed by atoms with Gasteiger partial charge in [0.25, 0.3) is 0 Å². The van der Waals surface area contributed by atoms with Gasteiger partial charge >= 0.3 is 0 Å². The number of benzene rings is 1. The smallest absolute Gasteiger partial charge is 0.227 e. The number of fused-ring (bicyclic) bond motifs is 2. The standard InChI is InChI=1S/C21H27FN4O2/c1-12-9-15(5-6-17(12)22)21-25-19(28-26-21)8-7-18(27)24-20-13-3-2-4-14(20)11-16(23)10-13/h5-6,9,13-14,16,20H,2-4,7-8,10-11,23H2,1H3,(H,24,27). The van der Waals surface area contributed by atoms with Crippen molar-refractivity contribution in [3.05, 3.63) is 35.5 Å². The van der Waals surface area contributed by atoms with E-state index in [0.717, 1.165) is 25.7 Å². The molecule has 0 spiro atoms. The summed E-state index contributed by atoms with van der Waals surface area (Å²) in [5.74, 6) is 1.59. The number of carbonyl (C=O) groups excluding carboxylic acids is 1. The molecule has 4 rings (SSSR count). The van der Waals surface area contributed by atoms with Crippen LogP contribution in [0.2, 0.25) is 0 Å². The molecule has 2 aromatic rings. The monoisotopic (exact) mass is 386 g/mol. The summed E-state index contributed by atoms with van der Waals surface area (Å²) in [6.07, 6.45) is 6.25. The van der Waals surface area contributed by atoms with Gasteiger partial charge in [0.15, 0.2) is 0 Å². The highest BCUT2D eigenvalue weighted by Gasteiger charge is 2.39. The first kappa shape index (κ1) is 19.1. The number of carbonyl (C=O) groups is 1. The molecular weight excluding hydrogens is 359 g/mol. The van der Waals surface area contributed by atoms with E-state index in [4.69, 9.17) is 10.3 Å². The molecule has 2 saturated carbocycles. The van der Waals surface area contributed by atoms with Crippen LogP contribution in [0.4, 0.5) is 4.39 Å². The summed E-state index contributed by atoms with van der Waals surface area (Å²) in [7, 11) is 0. The van der Waals surface area contributed by atoms with Gasteiger partial charge < -0.3 is 15.6 Å². The molecule has 2 aliphatic rings. The maximum atomic E-state index is 13.4. The SMILES string of the molecule is Cc1cc(-c2noc(CCC(=O)NC3C4CCCC3CC(N)C4)n2)ccc1F. The van der Waals surface area contributed by atoms with Crippen LogP contribution in [0.1, 0.15) is 50.0 Å². The Morgan fingerprint density at radius 3 is 2.79 bits per heavy atom. The molecule has 1 heterocycles. The second kappa shape index (κ2) is 7.99. The van der Waals surface area contributed by atoms with Crippen molar-refractivity contribution in [2.24, 2.45) is 17.6 Å². The first-order valence-corrected chi connectivity index (χ1v) is 10.1. The van der Waals surface area contributed by atoms with Crippen molar-refractivity contribution in [2.75, 3.05) is 0 Å². The predicted molar refractivity (Wildman–Crippen MR) is 103 cm³/mol. The van der Waals surface area contributed by atoms with Gasteiger partial charge in [-0.25, -0.2) is 4.39 Å². The van der Waals surface area contributed by atoms with Crippen molar-refractivity contribution in [3.8, 4) is 11.4 Å². The van der Waals surface area contributed by atoms with Crippen LogP contribution in [0.5, 0.6) is 0 Å². The van der Waals surface area contributed by atoms with E-state index in [9.17, 15) is 9.18 Å². The maximum absolute atomic E-state index is 13.4. The maximum Gasteiger partial charge on any atom is 0.227 e. The van der Waals surface area contributed by atoms with Crippen molar-refractivity contribution in [1.29, 1.82) is 0 Å². The molecule has 150 valence electrons. The van der Waals surface area contributed by atoms with Crippen molar-refractivity contribution < 1.29 is 13.7 Å². The van der Waals surface area contributed by atoms with Gasteiger partial charge in [-0.3, -0.25) is 4.79 Å².